The molecule has 0 unspecified atom stereocenters. The van der Waals surface area contributed by atoms with Crippen LogP contribution in [0.2, 0.25) is 5.02 Å². The molecule has 18 aromatic rings. The van der Waals surface area contributed by atoms with Gasteiger partial charge < -0.3 is 56.9 Å². The first kappa shape index (κ1) is 94.9. The summed E-state index contributed by atoms with van der Waals surface area (Å²) < 4.78 is 134. The molecule has 18 rings (SSSR count). The number of alkyl halides is 6. The Morgan fingerprint density at radius 1 is 0.393 bits per heavy atom. The molecule has 10 aromatic carbocycles. The third kappa shape index (κ3) is 19.6. The summed E-state index contributed by atoms with van der Waals surface area (Å²) in [5, 5.41) is 53.8. The summed E-state index contributed by atoms with van der Waals surface area (Å²) in [5.74, 6) is -3.19. The number of nitrogens with zero attached hydrogens (tertiary/aromatic N) is 4. The normalized spacial score (nSPS) is 11.6. The predicted molar refractivity (Wildman–Crippen MR) is 503 cm³/mol. The molecule has 8 aromatic heterocycles. The van der Waals surface area contributed by atoms with Crippen LogP contribution in [-0.2, 0) is 18.9 Å². The summed E-state index contributed by atoms with van der Waals surface area (Å²) >= 11 is 8.93. The van der Waals surface area contributed by atoms with E-state index in [0.29, 0.717) is 76.8 Å². The molecule has 0 aliphatic carbocycles. The summed E-state index contributed by atoms with van der Waals surface area (Å²) in [6, 6.07) is 68.0. The van der Waals surface area contributed by atoms with Crippen molar-refractivity contribution in [3.63, 3.8) is 0 Å². The first-order chi connectivity index (χ1) is 64.4. The van der Waals surface area contributed by atoms with E-state index in [1.54, 1.807) is 137 Å². The summed E-state index contributed by atoms with van der Waals surface area (Å²) in [4.78, 5) is 105. The van der Waals surface area contributed by atoms with Crippen LogP contribution in [0.3, 0.4) is 0 Å². The number of aryl methyl sites for hydroxylation is 2. The zero-order valence-corrected chi connectivity index (χ0v) is 75.2. The van der Waals surface area contributed by atoms with Gasteiger partial charge in [0.1, 0.15) is 64.1 Å². The van der Waals surface area contributed by atoms with E-state index in [0.717, 1.165) is 64.6 Å². The largest absolute Gasteiger partial charge is 0.508 e. The Morgan fingerprint density at radius 2 is 0.830 bits per heavy atom. The van der Waals surface area contributed by atoms with E-state index in [9.17, 15) is 99.0 Å². The van der Waals surface area contributed by atoms with Crippen LogP contribution in [0.25, 0.3) is 94.2 Å². The summed E-state index contributed by atoms with van der Waals surface area (Å²) in [5.41, 5.74) is -1.82. The van der Waals surface area contributed by atoms with Gasteiger partial charge in [0, 0.05) is 59.3 Å². The van der Waals surface area contributed by atoms with E-state index in [1.165, 1.54) is 103 Å². The molecule has 0 saturated carbocycles. The maximum atomic E-state index is 14.1. The van der Waals surface area contributed by atoms with Crippen molar-refractivity contribution in [3.05, 3.63) is 394 Å². The second-order valence-electron chi connectivity index (χ2n) is 30.8. The summed E-state index contributed by atoms with van der Waals surface area (Å²) in [6.45, 7) is 10.8. The third-order valence-electron chi connectivity index (χ3n) is 21.2. The number of aromatic nitrogens is 4. The van der Waals surface area contributed by atoms with E-state index in [4.69, 9.17) is 29.3 Å². The fourth-order valence-electron chi connectivity index (χ4n) is 15.2. The lowest BCUT2D eigenvalue weighted by Gasteiger charge is -2.21. The van der Waals surface area contributed by atoms with E-state index in [-0.39, 0.29) is 98.4 Å². The quantitative estimate of drug-likeness (QED) is 0.0443. The fraction of sp³-hybridized carbons (Fsp3) is 0.109. The smallest absolute Gasteiger partial charge is 0.417 e. The van der Waals surface area contributed by atoms with Gasteiger partial charge in [-0.3, -0.25) is 23.7 Å². The van der Waals surface area contributed by atoms with Crippen LogP contribution < -0.4 is 44.7 Å². The number of aromatic hydroxyl groups is 5. The predicted octanol–water partition coefficient (Wildman–Crippen LogP) is 23.9. The number of phenols is 1. The van der Waals surface area contributed by atoms with Gasteiger partial charge in [-0.05, 0) is 179 Å². The summed E-state index contributed by atoms with van der Waals surface area (Å²) in [6.07, 6.45) is -9.16. The molecule has 0 spiro atoms. The minimum Gasteiger partial charge on any atom is -0.508 e. The number of rotatable bonds is 16. The van der Waals surface area contributed by atoms with Crippen molar-refractivity contribution in [1.82, 2.24) is 18.3 Å². The van der Waals surface area contributed by atoms with Gasteiger partial charge in [-0.15, -0.1) is 0 Å². The van der Waals surface area contributed by atoms with E-state index >= 15 is 0 Å². The van der Waals surface area contributed by atoms with Crippen LogP contribution >= 0.6 is 58.6 Å². The lowest BCUT2D eigenvalue weighted by molar-refractivity contribution is -0.140. The Labute approximate surface area is 779 Å². The monoisotopic (exact) mass is 1930 g/mol. The SMILES string of the molecule is Cc1c(-c2ccccc2)n(C(C)C)c(=O)c2c(O)c(Sc3ccc(C(F)(F)F)cc3)c(=O)oc12.Cc1c(-c2ccccc2)n(C(C)C)c(=O)c2c(O)c(Sc3ccccc3C(F)(F)F)c(=O)oc12.O=c1oc2c(c(O)c1Sc1cccc(F)c1)c(=O)n(Cc1ccc(O)cc1)c1ccccc21.O=c1oc2cc(-c3ccccc3)n(-c3cccc(F)c3)c(=O)c2c(O)c1Sc1cccc(Cl)c1. The van der Waals surface area contributed by atoms with Gasteiger partial charge in [-0.25, -0.2) is 28.0 Å². The molecule has 21 nitrogen and oxygen atoms in total. The van der Waals surface area contributed by atoms with Gasteiger partial charge in [-0.2, -0.15) is 26.3 Å². The van der Waals surface area contributed by atoms with Crippen molar-refractivity contribution in [2.75, 3.05) is 0 Å². The first-order valence-corrected chi connectivity index (χ1v) is 44.4. The molecular weight excluding hydrogens is 1860 g/mol. The van der Waals surface area contributed by atoms with E-state index in [1.807, 2.05) is 68.4 Å². The zero-order valence-electron chi connectivity index (χ0n) is 71.2. The standard InChI is InChI=1S/C26H15ClFNO4S.2C25H20F3NO4S.C25H16FNO5S/c27-16-8-4-11-19(12-16)34-24-23(30)22-21(33-26(24)32)14-20(15-6-2-1-3-7-15)29(25(22)31)18-10-5-9-17(28)13-18;1-13(2)29-19(15-9-5-4-6-10-15)14(3)21-18(23(29)31)20(30)22(24(32)33-21)34-17-12-8-7-11-16(17)25(26,27)28;1-13(2)29-19(15-7-5-4-6-8-15)14(3)21-18(23(29)31)20(30)22(24(32)33-21)34-17-11-9-16(10-12-17)25(26,27)28;26-15-4-3-5-17(12-15)33-23-21(29)20-22(32-25(23)31)18-6-1-2-7-19(18)27(24(20)30)13-14-8-10-16(28)11-9-14/h1-14,30H;2*4-13,30H,1-3H3;1-12,28-29H,13H2. The second-order valence-corrected chi connectivity index (χ2v) is 35.5. The van der Waals surface area contributed by atoms with Crippen LogP contribution in [-0.4, -0.2) is 43.8 Å². The number of halogens is 9. The van der Waals surface area contributed by atoms with Gasteiger partial charge in [0.25, 0.3) is 22.2 Å². The lowest BCUT2D eigenvalue weighted by Crippen LogP contribution is -2.26. The molecule has 0 aliphatic heterocycles. The number of pyridine rings is 4. The molecular formula is C101H71ClF8N4O17S4. The van der Waals surface area contributed by atoms with Crippen molar-refractivity contribution in [2.24, 2.45) is 0 Å². The molecule has 0 radical (unpaired) electrons. The van der Waals surface area contributed by atoms with Gasteiger partial charge in [-0.1, -0.05) is 204 Å². The lowest BCUT2D eigenvalue weighted by atomic mass is 10.0. The molecule has 5 N–H and O–H groups in total. The number of para-hydroxylation sites is 1. The van der Waals surface area contributed by atoms with Crippen LogP contribution in [0.5, 0.6) is 28.7 Å². The highest BCUT2D eigenvalue weighted by Crippen LogP contribution is 2.47. The molecule has 0 fully saturated rings. The Kier molecular flexibility index (Phi) is 27.5. The Bertz CT molecular complexity index is 8220. The van der Waals surface area contributed by atoms with Gasteiger partial charge >= 0.3 is 34.9 Å². The minimum atomic E-state index is -4.66. The zero-order chi connectivity index (χ0) is 96.5. The number of hydrogen-bond donors (Lipinski definition) is 5. The molecule has 0 bridgehead atoms. The Hall–Kier alpha value is -14.8. The number of hydrogen-bond acceptors (Lipinski definition) is 21. The Morgan fingerprint density at radius 3 is 1.33 bits per heavy atom. The maximum absolute atomic E-state index is 14.1. The van der Waals surface area contributed by atoms with Crippen molar-refractivity contribution >= 4 is 113 Å². The number of phenolic OH excluding ortho intramolecular Hbond substituents is 1. The van der Waals surface area contributed by atoms with E-state index in [2.05, 4.69) is 0 Å². The molecule has 684 valence electrons. The average molecular weight is 1930 g/mol. The van der Waals surface area contributed by atoms with Gasteiger partial charge in [0.2, 0.25) is 0 Å². The van der Waals surface area contributed by atoms with Crippen LogP contribution in [0.4, 0.5) is 35.1 Å². The molecule has 34 heteroatoms. The van der Waals surface area contributed by atoms with Crippen LogP contribution in [0, 0.1) is 25.5 Å². The molecule has 0 aliphatic rings. The minimum absolute atomic E-state index is 0.0105. The van der Waals surface area contributed by atoms with Crippen LogP contribution in [0.1, 0.15) is 67.6 Å². The van der Waals surface area contributed by atoms with Gasteiger partial charge in [0.05, 0.1) is 46.0 Å². The summed E-state index contributed by atoms with van der Waals surface area (Å²) in [7, 11) is 0. The van der Waals surface area contributed by atoms with E-state index < -0.39 is 108 Å². The first-order valence-electron chi connectivity index (χ1n) is 40.8. The second kappa shape index (κ2) is 39.2. The molecule has 0 saturated heterocycles. The molecule has 135 heavy (non-hydrogen) atoms. The van der Waals surface area contributed by atoms with Crippen molar-refractivity contribution < 1.29 is 78.3 Å². The average Bonchev–Trinajstić information content (AvgIpc) is 0.744. The van der Waals surface area contributed by atoms with Gasteiger partial charge in [0.15, 0.2) is 39.7 Å². The topological polar surface area (TPSA) is 310 Å². The Balaban J connectivity index is 0.000000137. The highest BCUT2D eigenvalue weighted by molar-refractivity contribution is 8.00. The number of benzene rings is 10. The van der Waals surface area contributed by atoms with Crippen molar-refractivity contribution in [1.29, 1.82) is 0 Å². The fourth-order valence-corrected chi connectivity index (χ4v) is 19.0. The maximum Gasteiger partial charge on any atom is 0.417 e. The molecule has 8 heterocycles. The third-order valence-corrected chi connectivity index (χ3v) is 25.8. The number of fused-ring (bicyclic) bond motifs is 6. The highest BCUT2D eigenvalue weighted by Gasteiger charge is 2.36. The van der Waals surface area contributed by atoms with Crippen molar-refractivity contribution in [3.8, 4) is 68.2 Å². The van der Waals surface area contributed by atoms with Crippen LogP contribution in [0.15, 0.2) is 362 Å². The molecule has 0 amide bonds. The molecule has 0 atom stereocenters. The van der Waals surface area contributed by atoms with Crippen molar-refractivity contribution in [2.45, 2.75) is 112 Å². The highest BCUT2D eigenvalue weighted by atomic mass is 35.5.